The SMILES string of the molecule is Cc1ccnc(NC(C)Cc2ccc(C)s2)c1. The van der Waals surface area contributed by atoms with Crippen LogP contribution in [-0.2, 0) is 6.42 Å². The molecule has 0 saturated carbocycles. The number of rotatable bonds is 4. The van der Waals surface area contributed by atoms with E-state index in [0.717, 1.165) is 12.2 Å². The van der Waals surface area contributed by atoms with Crippen molar-refractivity contribution in [2.45, 2.75) is 33.2 Å². The predicted octanol–water partition coefficient (Wildman–Crippen LogP) is 3.80. The molecule has 1 N–H and O–H groups in total. The van der Waals surface area contributed by atoms with E-state index in [2.05, 4.69) is 49.3 Å². The first-order chi connectivity index (χ1) is 8.13. The minimum absolute atomic E-state index is 0.405. The molecule has 0 aliphatic heterocycles. The van der Waals surface area contributed by atoms with Crippen molar-refractivity contribution < 1.29 is 0 Å². The van der Waals surface area contributed by atoms with E-state index in [4.69, 9.17) is 0 Å². The molecule has 0 radical (unpaired) electrons. The summed E-state index contributed by atoms with van der Waals surface area (Å²) in [6.45, 7) is 6.42. The Kier molecular flexibility index (Phi) is 3.79. The van der Waals surface area contributed by atoms with Crippen LogP contribution in [0.3, 0.4) is 0 Å². The fourth-order valence-corrected chi connectivity index (χ4v) is 2.83. The molecule has 2 nitrogen and oxygen atoms in total. The van der Waals surface area contributed by atoms with Crippen molar-refractivity contribution in [2.75, 3.05) is 5.32 Å². The van der Waals surface area contributed by atoms with E-state index in [1.54, 1.807) is 0 Å². The number of hydrogen-bond acceptors (Lipinski definition) is 3. The molecule has 0 spiro atoms. The average molecular weight is 246 g/mol. The van der Waals surface area contributed by atoms with E-state index in [-0.39, 0.29) is 0 Å². The molecule has 3 heteroatoms. The molecule has 2 aromatic heterocycles. The monoisotopic (exact) mass is 246 g/mol. The topological polar surface area (TPSA) is 24.9 Å². The maximum Gasteiger partial charge on any atom is 0.126 e. The van der Waals surface area contributed by atoms with Gasteiger partial charge in [0.15, 0.2) is 0 Å². The van der Waals surface area contributed by atoms with Crippen LogP contribution in [0, 0.1) is 13.8 Å². The third-order valence-corrected chi connectivity index (χ3v) is 3.64. The number of pyridine rings is 1. The summed E-state index contributed by atoms with van der Waals surface area (Å²) < 4.78 is 0. The van der Waals surface area contributed by atoms with Crippen molar-refractivity contribution in [2.24, 2.45) is 0 Å². The van der Waals surface area contributed by atoms with Crippen LogP contribution in [0.4, 0.5) is 5.82 Å². The van der Waals surface area contributed by atoms with Gasteiger partial charge in [-0.1, -0.05) is 0 Å². The Hall–Kier alpha value is -1.35. The molecule has 0 fully saturated rings. The second kappa shape index (κ2) is 5.32. The maximum absolute atomic E-state index is 4.32. The Morgan fingerprint density at radius 2 is 2.12 bits per heavy atom. The number of nitrogens with one attached hydrogen (secondary N) is 1. The maximum atomic E-state index is 4.32. The quantitative estimate of drug-likeness (QED) is 0.887. The molecule has 2 aromatic rings. The van der Waals surface area contributed by atoms with Crippen LogP contribution in [0.1, 0.15) is 22.2 Å². The molecule has 0 aromatic carbocycles. The molecule has 1 atom stereocenters. The summed E-state index contributed by atoms with van der Waals surface area (Å²) >= 11 is 1.87. The Labute approximate surface area is 107 Å². The Morgan fingerprint density at radius 1 is 1.29 bits per heavy atom. The van der Waals surface area contributed by atoms with Gasteiger partial charge in [-0.05, 0) is 50.6 Å². The van der Waals surface area contributed by atoms with E-state index >= 15 is 0 Å². The van der Waals surface area contributed by atoms with Crippen LogP contribution >= 0.6 is 11.3 Å². The van der Waals surface area contributed by atoms with Gasteiger partial charge >= 0.3 is 0 Å². The number of hydrogen-bond donors (Lipinski definition) is 1. The van der Waals surface area contributed by atoms with Gasteiger partial charge in [0.25, 0.3) is 0 Å². The summed E-state index contributed by atoms with van der Waals surface area (Å²) in [6, 6.07) is 8.89. The molecule has 2 rings (SSSR count). The summed E-state index contributed by atoms with van der Waals surface area (Å²) in [5, 5.41) is 3.44. The van der Waals surface area contributed by atoms with Gasteiger partial charge in [-0.25, -0.2) is 4.98 Å². The third kappa shape index (κ3) is 3.56. The lowest BCUT2D eigenvalue weighted by Gasteiger charge is -2.13. The van der Waals surface area contributed by atoms with E-state index in [0.29, 0.717) is 6.04 Å². The van der Waals surface area contributed by atoms with Crippen LogP contribution in [0.25, 0.3) is 0 Å². The fraction of sp³-hybridized carbons (Fsp3) is 0.357. The Balaban J connectivity index is 1.95. The normalized spacial score (nSPS) is 12.4. The number of anilines is 1. The van der Waals surface area contributed by atoms with Crippen molar-refractivity contribution in [1.29, 1.82) is 0 Å². The lowest BCUT2D eigenvalue weighted by molar-refractivity contribution is 0.794. The highest BCUT2D eigenvalue weighted by Gasteiger charge is 2.06. The van der Waals surface area contributed by atoms with Crippen LogP contribution in [-0.4, -0.2) is 11.0 Å². The standard InChI is InChI=1S/C14H18N2S/c1-10-6-7-15-14(8-10)16-11(2)9-13-5-4-12(3)17-13/h4-8,11H,9H2,1-3H3,(H,15,16). The Bertz CT molecular complexity index is 490. The number of nitrogens with zero attached hydrogens (tertiary/aromatic N) is 1. The summed E-state index contributed by atoms with van der Waals surface area (Å²) in [6.07, 6.45) is 2.90. The van der Waals surface area contributed by atoms with Gasteiger partial charge in [0.05, 0.1) is 0 Å². The average Bonchev–Trinajstić information content (AvgIpc) is 2.63. The molecular formula is C14H18N2S. The smallest absolute Gasteiger partial charge is 0.126 e. The highest BCUT2D eigenvalue weighted by molar-refractivity contribution is 7.11. The first kappa shape index (κ1) is 12.1. The van der Waals surface area contributed by atoms with Crippen LogP contribution in [0.2, 0.25) is 0 Å². The molecule has 2 heterocycles. The second-order valence-corrected chi connectivity index (χ2v) is 5.85. The van der Waals surface area contributed by atoms with E-state index < -0.39 is 0 Å². The van der Waals surface area contributed by atoms with Gasteiger partial charge in [-0.15, -0.1) is 11.3 Å². The van der Waals surface area contributed by atoms with E-state index in [9.17, 15) is 0 Å². The zero-order chi connectivity index (χ0) is 12.3. The van der Waals surface area contributed by atoms with Crippen molar-refractivity contribution >= 4 is 17.2 Å². The molecule has 90 valence electrons. The Morgan fingerprint density at radius 3 is 2.76 bits per heavy atom. The molecule has 0 aliphatic rings. The lowest BCUT2D eigenvalue weighted by Crippen LogP contribution is -2.18. The van der Waals surface area contributed by atoms with Gasteiger partial charge in [0, 0.05) is 28.4 Å². The number of thiophene rings is 1. The molecule has 0 amide bonds. The summed E-state index contributed by atoms with van der Waals surface area (Å²) in [5.41, 5.74) is 1.24. The summed E-state index contributed by atoms with van der Waals surface area (Å²) in [4.78, 5) is 7.12. The number of aryl methyl sites for hydroxylation is 2. The van der Waals surface area contributed by atoms with Gasteiger partial charge in [-0.2, -0.15) is 0 Å². The minimum Gasteiger partial charge on any atom is -0.367 e. The van der Waals surface area contributed by atoms with Crippen molar-refractivity contribution in [3.63, 3.8) is 0 Å². The molecule has 0 saturated heterocycles. The highest BCUT2D eigenvalue weighted by Crippen LogP contribution is 2.18. The predicted molar refractivity (Wildman–Crippen MR) is 74.8 cm³/mol. The van der Waals surface area contributed by atoms with Crippen molar-refractivity contribution in [1.82, 2.24) is 4.98 Å². The van der Waals surface area contributed by atoms with E-state index in [1.807, 2.05) is 23.6 Å². The van der Waals surface area contributed by atoms with Crippen LogP contribution in [0.15, 0.2) is 30.5 Å². The lowest BCUT2D eigenvalue weighted by atomic mass is 10.2. The zero-order valence-electron chi connectivity index (χ0n) is 10.5. The zero-order valence-corrected chi connectivity index (χ0v) is 11.3. The third-order valence-electron chi connectivity index (χ3n) is 2.61. The highest BCUT2D eigenvalue weighted by atomic mass is 32.1. The molecule has 1 unspecified atom stereocenters. The van der Waals surface area contributed by atoms with Crippen LogP contribution < -0.4 is 5.32 Å². The number of aromatic nitrogens is 1. The minimum atomic E-state index is 0.405. The summed E-state index contributed by atoms with van der Waals surface area (Å²) in [5.74, 6) is 0.964. The van der Waals surface area contributed by atoms with Gasteiger partial charge < -0.3 is 5.32 Å². The van der Waals surface area contributed by atoms with Gasteiger partial charge in [-0.3, -0.25) is 0 Å². The molecule has 17 heavy (non-hydrogen) atoms. The molecule has 0 aliphatic carbocycles. The van der Waals surface area contributed by atoms with E-state index in [1.165, 1.54) is 15.3 Å². The molecular weight excluding hydrogens is 228 g/mol. The fourth-order valence-electron chi connectivity index (χ4n) is 1.82. The largest absolute Gasteiger partial charge is 0.367 e. The van der Waals surface area contributed by atoms with Gasteiger partial charge in [0.1, 0.15) is 5.82 Å². The first-order valence-corrected chi connectivity index (χ1v) is 6.69. The first-order valence-electron chi connectivity index (χ1n) is 5.88. The van der Waals surface area contributed by atoms with Gasteiger partial charge in [0.2, 0.25) is 0 Å². The van der Waals surface area contributed by atoms with Crippen LogP contribution in [0.5, 0.6) is 0 Å². The van der Waals surface area contributed by atoms with Crippen molar-refractivity contribution in [3.8, 4) is 0 Å². The molecule has 0 bridgehead atoms. The van der Waals surface area contributed by atoms with Crippen molar-refractivity contribution in [3.05, 3.63) is 45.8 Å². The second-order valence-electron chi connectivity index (χ2n) is 4.48. The summed E-state index contributed by atoms with van der Waals surface area (Å²) in [7, 11) is 0.